The lowest BCUT2D eigenvalue weighted by Crippen LogP contribution is -2.54. The lowest BCUT2D eigenvalue weighted by molar-refractivity contribution is -0.135. The molecule has 0 aliphatic carbocycles. The summed E-state index contributed by atoms with van der Waals surface area (Å²) in [5, 5.41) is 4.00. The zero-order valence-corrected chi connectivity index (χ0v) is 20.6. The number of morpholine rings is 1. The fourth-order valence-electron chi connectivity index (χ4n) is 5.03. The van der Waals surface area contributed by atoms with E-state index in [2.05, 4.69) is 20.2 Å². The summed E-state index contributed by atoms with van der Waals surface area (Å²) in [5.74, 6) is -0.874. The summed E-state index contributed by atoms with van der Waals surface area (Å²) in [6.45, 7) is 4.61. The van der Waals surface area contributed by atoms with Crippen LogP contribution in [0.2, 0.25) is 5.15 Å². The number of benzene rings is 1. The van der Waals surface area contributed by atoms with E-state index in [1.165, 1.54) is 12.1 Å². The maximum Gasteiger partial charge on any atom is 0.268 e. The zero-order valence-electron chi connectivity index (χ0n) is 19.9. The normalized spacial score (nSPS) is 18.3. The third kappa shape index (κ3) is 5.69. The lowest BCUT2D eigenvalue weighted by Gasteiger charge is -2.40. The molecule has 2 N–H and O–H groups in total. The van der Waals surface area contributed by atoms with E-state index in [-0.39, 0.29) is 18.1 Å². The van der Waals surface area contributed by atoms with E-state index in [0.717, 1.165) is 50.1 Å². The highest BCUT2D eigenvalue weighted by Crippen LogP contribution is 2.21. The molecule has 36 heavy (non-hydrogen) atoms. The summed E-state index contributed by atoms with van der Waals surface area (Å²) in [6.07, 6.45) is 3.60. The quantitative estimate of drug-likeness (QED) is 0.494. The van der Waals surface area contributed by atoms with Crippen molar-refractivity contribution in [1.82, 2.24) is 25.1 Å². The van der Waals surface area contributed by atoms with Gasteiger partial charge in [0.2, 0.25) is 5.91 Å². The Balaban J connectivity index is 1.30. The third-order valence-electron chi connectivity index (χ3n) is 7.01. The molecular formula is C26H29ClFN5O3. The molecule has 0 bridgehead atoms. The number of carbonyl (C=O) groups excluding carboxylic acids is 2. The van der Waals surface area contributed by atoms with Crippen LogP contribution >= 0.6 is 11.6 Å². The van der Waals surface area contributed by atoms with Crippen LogP contribution in [0.25, 0.3) is 10.9 Å². The highest BCUT2D eigenvalue weighted by atomic mass is 35.5. The number of ether oxygens (including phenoxy) is 1. The first-order chi connectivity index (χ1) is 17.5. The first-order valence-electron chi connectivity index (χ1n) is 12.3. The SMILES string of the molecule is O=C(N[C@@H](Cc1ccc(F)cc1)C(=O)N1CCC(N2CCOCC2)CC1)c1cc2cc(Cl)ncc2[nH]1. The number of hydrogen-bond donors (Lipinski definition) is 2. The van der Waals surface area contributed by atoms with Crippen LogP contribution in [-0.2, 0) is 16.0 Å². The Morgan fingerprint density at radius 2 is 1.86 bits per heavy atom. The van der Waals surface area contributed by atoms with Gasteiger partial charge in [-0.05, 0) is 42.7 Å². The second-order valence-corrected chi connectivity index (χ2v) is 9.73. The molecule has 0 radical (unpaired) electrons. The van der Waals surface area contributed by atoms with Crippen LogP contribution in [0.1, 0.15) is 28.9 Å². The van der Waals surface area contributed by atoms with Gasteiger partial charge in [0.15, 0.2) is 0 Å². The average molecular weight is 514 g/mol. The Kier molecular flexibility index (Phi) is 7.50. The van der Waals surface area contributed by atoms with Gasteiger partial charge in [0.1, 0.15) is 22.7 Å². The van der Waals surface area contributed by atoms with E-state index in [9.17, 15) is 14.0 Å². The van der Waals surface area contributed by atoms with Crippen molar-refractivity contribution in [2.24, 2.45) is 0 Å². The Hall–Kier alpha value is -3.01. The van der Waals surface area contributed by atoms with Crippen molar-refractivity contribution in [3.8, 4) is 0 Å². The molecule has 8 nitrogen and oxygen atoms in total. The van der Waals surface area contributed by atoms with Crippen LogP contribution in [0, 0.1) is 5.82 Å². The van der Waals surface area contributed by atoms with E-state index in [0.29, 0.717) is 35.5 Å². The fourth-order valence-corrected chi connectivity index (χ4v) is 5.20. The molecule has 2 aliphatic heterocycles. The number of carbonyl (C=O) groups is 2. The van der Waals surface area contributed by atoms with Crippen LogP contribution in [-0.4, -0.2) is 83.1 Å². The number of amides is 2. The molecule has 2 aliphatic rings. The molecule has 2 aromatic heterocycles. The van der Waals surface area contributed by atoms with Crippen molar-refractivity contribution in [1.29, 1.82) is 0 Å². The summed E-state index contributed by atoms with van der Waals surface area (Å²) in [4.78, 5) is 38.1. The number of fused-ring (bicyclic) bond motifs is 1. The Bertz CT molecular complexity index is 1220. The molecule has 190 valence electrons. The van der Waals surface area contributed by atoms with Crippen molar-refractivity contribution in [2.45, 2.75) is 31.3 Å². The first-order valence-corrected chi connectivity index (χ1v) is 12.6. The van der Waals surface area contributed by atoms with Gasteiger partial charge in [-0.15, -0.1) is 0 Å². The second kappa shape index (κ2) is 10.9. The minimum atomic E-state index is -0.781. The summed E-state index contributed by atoms with van der Waals surface area (Å²) < 4.78 is 18.9. The molecule has 0 saturated carbocycles. The zero-order chi connectivity index (χ0) is 25.1. The molecule has 0 unspecified atom stereocenters. The van der Waals surface area contributed by atoms with Gasteiger partial charge in [0.25, 0.3) is 5.91 Å². The van der Waals surface area contributed by atoms with Gasteiger partial charge in [-0.1, -0.05) is 23.7 Å². The molecule has 4 heterocycles. The maximum absolute atomic E-state index is 13.6. The number of likely N-dealkylation sites (tertiary alicyclic amines) is 1. The number of nitrogens with one attached hydrogen (secondary N) is 2. The molecule has 1 atom stereocenters. The number of nitrogens with zero attached hydrogens (tertiary/aromatic N) is 3. The predicted molar refractivity (Wildman–Crippen MR) is 134 cm³/mol. The standard InChI is InChI=1S/C26H29ClFN5O3/c27-24-15-18-14-21(30-23(18)16-29-24)25(34)31-22(13-17-1-3-19(28)4-2-17)26(35)33-7-5-20(6-8-33)32-9-11-36-12-10-32/h1-4,14-16,20,22,30H,5-13H2,(H,31,34)/t22-/m0/s1. The average Bonchev–Trinajstić information content (AvgIpc) is 3.33. The van der Waals surface area contributed by atoms with Crippen LogP contribution in [0.3, 0.4) is 0 Å². The molecule has 2 fully saturated rings. The van der Waals surface area contributed by atoms with E-state index in [4.69, 9.17) is 16.3 Å². The number of pyridine rings is 1. The molecule has 10 heteroatoms. The topological polar surface area (TPSA) is 90.6 Å². The molecular weight excluding hydrogens is 485 g/mol. The minimum Gasteiger partial charge on any atom is -0.379 e. The van der Waals surface area contributed by atoms with Crippen molar-refractivity contribution in [3.05, 3.63) is 64.8 Å². The summed E-state index contributed by atoms with van der Waals surface area (Å²) >= 11 is 5.97. The van der Waals surface area contributed by atoms with Gasteiger partial charge in [0, 0.05) is 44.0 Å². The van der Waals surface area contributed by atoms with Crippen molar-refractivity contribution >= 4 is 34.3 Å². The van der Waals surface area contributed by atoms with Crippen LogP contribution in [0.5, 0.6) is 0 Å². The van der Waals surface area contributed by atoms with Gasteiger partial charge < -0.3 is 19.9 Å². The van der Waals surface area contributed by atoms with Crippen LogP contribution in [0.4, 0.5) is 4.39 Å². The van der Waals surface area contributed by atoms with Gasteiger partial charge in [-0.3, -0.25) is 14.5 Å². The maximum atomic E-state index is 13.6. The fraction of sp³-hybridized carbons (Fsp3) is 0.423. The third-order valence-corrected chi connectivity index (χ3v) is 7.22. The summed E-state index contributed by atoms with van der Waals surface area (Å²) in [7, 11) is 0. The summed E-state index contributed by atoms with van der Waals surface area (Å²) in [5.41, 5.74) is 1.76. The smallest absolute Gasteiger partial charge is 0.268 e. The molecule has 1 aromatic carbocycles. The number of aromatic amines is 1. The van der Waals surface area contributed by atoms with E-state index in [1.807, 2.05) is 4.90 Å². The lowest BCUT2D eigenvalue weighted by atomic mass is 9.99. The van der Waals surface area contributed by atoms with Gasteiger partial charge in [0.05, 0.1) is 24.9 Å². The van der Waals surface area contributed by atoms with Crippen molar-refractivity contribution in [2.75, 3.05) is 39.4 Å². The molecule has 3 aromatic rings. The minimum absolute atomic E-state index is 0.131. The highest BCUT2D eigenvalue weighted by molar-refractivity contribution is 6.30. The number of H-pyrrole nitrogens is 1. The van der Waals surface area contributed by atoms with E-state index < -0.39 is 11.9 Å². The predicted octanol–water partition coefficient (Wildman–Crippen LogP) is 3.02. The molecule has 2 saturated heterocycles. The van der Waals surface area contributed by atoms with Gasteiger partial charge in [-0.2, -0.15) is 0 Å². The monoisotopic (exact) mass is 513 g/mol. The largest absolute Gasteiger partial charge is 0.379 e. The Morgan fingerprint density at radius 1 is 1.14 bits per heavy atom. The van der Waals surface area contributed by atoms with Crippen LogP contribution in [0.15, 0.2) is 42.6 Å². The van der Waals surface area contributed by atoms with Gasteiger partial charge >= 0.3 is 0 Å². The highest BCUT2D eigenvalue weighted by Gasteiger charge is 2.32. The van der Waals surface area contributed by atoms with E-state index in [1.54, 1.807) is 30.5 Å². The Labute approximate surface area is 213 Å². The molecule has 2 amide bonds. The number of rotatable bonds is 6. The van der Waals surface area contributed by atoms with Gasteiger partial charge in [-0.25, -0.2) is 9.37 Å². The van der Waals surface area contributed by atoms with E-state index >= 15 is 0 Å². The van der Waals surface area contributed by atoms with Crippen molar-refractivity contribution < 1.29 is 18.7 Å². The number of hydrogen-bond acceptors (Lipinski definition) is 5. The number of piperidine rings is 1. The van der Waals surface area contributed by atoms with Crippen molar-refractivity contribution in [3.63, 3.8) is 0 Å². The Morgan fingerprint density at radius 3 is 2.58 bits per heavy atom. The number of aromatic nitrogens is 2. The molecule has 0 spiro atoms. The summed E-state index contributed by atoms with van der Waals surface area (Å²) in [6, 6.07) is 9.02. The number of halogens is 2. The second-order valence-electron chi connectivity index (χ2n) is 9.34. The van der Waals surface area contributed by atoms with Crippen LogP contribution < -0.4 is 5.32 Å². The first kappa shape index (κ1) is 24.7. The molecule has 5 rings (SSSR count).